The summed E-state index contributed by atoms with van der Waals surface area (Å²) >= 11 is 0. The van der Waals surface area contributed by atoms with Crippen molar-refractivity contribution in [3.63, 3.8) is 0 Å². The molecule has 0 fully saturated rings. The van der Waals surface area contributed by atoms with Gasteiger partial charge < -0.3 is 9.84 Å². The maximum absolute atomic E-state index is 13.2. The number of aliphatic hydroxyl groups is 1. The number of carbonyl (C=O) groups is 1. The monoisotopic (exact) mass is 450 g/mol. The summed E-state index contributed by atoms with van der Waals surface area (Å²) in [6, 6.07) is 33.2. The van der Waals surface area contributed by atoms with Crippen molar-refractivity contribution in [2.75, 3.05) is 0 Å². The van der Waals surface area contributed by atoms with Gasteiger partial charge in [-0.3, -0.25) is 4.79 Å². The van der Waals surface area contributed by atoms with Crippen molar-refractivity contribution in [3.8, 4) is 5.75 Å². The molecule has 0 spiro atoms. The summed E-state index contributed by atoms with van der Waals surface area (Å²) in [5.41, 5.74) is 4.48. The minimum atomic E-state index is -1.89. The van der Waals surface area contributed by atoms with Gasteiger partial charge in [-0.2, -0.15) is 5.10 Å². The first-order valence-electron chi connectivity index (χ1n) is 11.0. The Bertz CT molecular complexity index is 1210. The van der Waals surface area contributed by atoms with Gasteiger partial charge in [0.25, 0.3) is 5.91 Å². The summed E-state index contributed by atoms with van der Waals surface area (Å²) in [5, 5.41) is 15.6. The zero-order valence-corrected chi connectivity index (χ0v) is 18.9. The Labute approximate surface area is 199 Å². The molecular weight excluding hydrogens is 424 g/mol. The molecule has 4 aromatic rings. The number of hydrogen-bond donors (Lipinski definition) is 2. The van der Waals surface area contributed by atoms with Crippen molar-refractivity contribution in [1.82, 2.24) is 5.43 Å². The van der Waals surface area contributed by atoms with Crippen molar-refractivity contribution in [2.24, 2.45) is 5.10 Å². The number of amides is 1. The van der Waals surface area contributed by atoms with Crippen LogP contribution in [0.4, 0.5) is 0 Å². The van der Waals surface area contributed by atoms with Crippen molar-refractivity contribution >= 4 is 12.1 Å². The summed E-state index contributed by atoms with van der Waals surface area (Å²) in [6.45, 7) is 2.46. The van der Waals surface area contributed by atoms with Gasteiger partial charge in [0.1, 0.15) is 12.4 Å². The highest BCUT2D eigenvalue weighted by Crippen LogP contribution is 2.30. The number of nitrogens with zero attached hydrogens (tertiary/aromatic N) is 1. The molecule has 170 valence electrons. The van der Waals surface area contributed by atoms with Crippen molar-refractivity contribution < 1.29 is 14.6 Å². The molecule has 4 aromatic carbocycles. The number of hydrogen-bond acceptors (Lipinski definition) is 4. The predicted molar refractivity (Wildman–Crippen MR) is 134 cm³/mol. The molecule has 2 N–H and O–H groups in total. The highest BCUT2D eigenvalue weighted by atomic mass is 16.5. The lowest BCUT2D eigenvalue weighted by molar-refractivity contribution is -0.136. The van der Waals surface area contributed by atoms with Gasteiger partial charge in [-0.15, -0.1) is 0 Å². The van der Waals surface area contributed by atoms with Crippen LogP contribution >= 0.6 is 0 Å². The Balaban J connectivity index is 1.51. The molecule has 5 nitrogen and oxygen atoms in total. The van der Waals surface area contributed by atoms with Crippen molar-refractivity contribution in [2.45, 2.75) is 19.1 Å². The standard InChI is InChI=1S/C29H26N2O3/c1-22-16-18-23(19-17-22)21-34-27-15-9-8-10-24(27)20-30-31-28(32)29(33,25-11-4-2-5-12-25)26-13-6-3-7-14-26/h2-20,33H,21H2,1H3,(H,31,32)/b30-20-. The van der Waals surface area contributed by atoms with E-state index in [0.717, 1.165) is 5.56 Å². The fraction of sp³-hybridized carbons (Fsp3) is 0.103. The minimum absolute atomic E-state index is 0.416. The quantitative estimate of drug-likeness (QED) is 0.294. The van der Waals surface area contributed by atoms with Gasteiger partial charge in [0, 0.05) is 5.56 Å². The number of ether oxygens (including phenoxy) is 1. The Kier molecular flexibility index (Phi) is 7.16. The highest BCUT2D eigenvalue weighted by Gasteiger charge is 2.39. The first-order chi connectivity index (χ1) is 16.6. The lowest BCUT2D eigenvalue weighted by Crippen LogP contribution is -2.43. The second kappa shape index (κ2) is 10.6. The summed E-state index contributed by atoms with van der Waals surface area (Å²) in [5.74, 6) is -0.0124. The van der Waals surface area contributed by atoms with Gasteiger partial charge in [-0.25, -0.2) is 5.43 Å². The van der Waals surface area contributed by atoms with Crippen LogP contribution in [0.5, 0.6) is 5.75 Å². The number of hydrazone groups is 1. The van der Waals surface area contributed by atoms with Crippen LogP contribution in [0, 0.1) is 6.92 Å². The normalized spacial score (nSPS) is 11.4. The SMILES string of the molecule is Cc1ccc(COc2ccccc2/C=N\NC(=O)C(O)(c2ccccc2)c2ccccc2)cc1. The molecule has 1 amide bonds. The Morgan fingerprint density at radius 3 is 2.03 bits per heavy atom. The van der Waals surface area contributed by atoms with Crippen LogP contribution < -0.4 is 10.2 Å². The molecule has 0 saturated carbocycles. The first kappa shape index (κ1) is 23.0. The molecule has 0 saturated heterocycles. The van der Waals surface area contributed by atoms with Gasteiger partial charge in [0.2, 0.25) is 0 Å². The lowest BCUT2D eigenvalue weighted by Gasteiger charge is -2.27. The fourth-order valence-electron chi connectivity index (χ4n) is 3.59. The average molecular weight is 451 g/mol. The molecule has 0 aliphatic rings. The number of para-hydroxylation sites is 1. The topological polar surface area (TPSA) is 70.9 Å². The zero-order chi connectivity index (χ0) is 23.8. The fourth-order valence-corrected chi connectivity index (χ4v) is 3.59. The van der Waals surface area contributed by atoms with Gasteiger partial charge in [-0.05, 0) is 35.7 Å². The molecule has 0 bridgehead atoms. The number of carbonyl (C=O) groups excluding carboxylic acids is 1. The summed E-state index contributed by atoms with van der Waals surface area (Å²) < 4.78 is 5.97. The van der Waals surface area contributed by atoms with Crippen LogP contribution in [-0.2, 0) is 17.0 Å². The minimum Gasteiger partial charge on any atom is -0.488 e. The molecule has 0 atom stereocenters. The Morgan fingerprint density at radius 2 is 1.41 bits per heavy atom. The van der Waals surface area contributed by atoms with Crippen LogP contribution in [0.25, 0.3) is 0 Å². The molecule has 0 aromatic heterocycles. The van der Waals surface area contributed by atoms with Gasteiger partial charge in [-0.1, -0.05) is 103 Å². The molecule has 34 heavy (non-hydrogen) atoms. The summed E-state index contributed by atoms with van der Waals surface area (Å²) in [7, 11) is 0. The maximum Gasteiger partial charge on any atom is 0.281 e. The van der Waals surface area contributed by atoms with E-state index in [2.05, 4.69) is 10.5 Å². The van der Waals surface area contributed by atoms with Gasteiger partial charge in [0.05, 0.1) is 6.21 Å². The van der Waals surface area contributed by atoms with Crippen molar-refractivity contribution in [3.05, 3.63) is 137 Å². The second-order valence-electron chi connectivity index (χ2n) is 7.95. The number of benzene rings is 4. The third-order valence-electron chi connectivity index (χ3n) is 5.52. The lowest BCUT2D eigenvalue weighted by atomic mass is 9.85. The Morgan fingerprint density at radius 1 is 0.853 bits per heavy atom. The van der Waals surface area contributed by atoms with E-state index < -0.39 is 11.5 Å². The smallest absolute Gasteiger partial charge is 0.281 e. The zero-order valence-electron chi connectivity index (χ0n) is 18.9. The molecule has 0 aliphatic carbocycles. The molecule has 0 aliphatic heterocycles. The molecule has 0 unspecified atom stereocenters. The third kappa shape index (κ3) is 5.22. The van der Waals surface area contributed by atoms with E-state index in [0.29, 0.717) is 29.0 Å². The molecule has 5 heteroatoms. The summed E-state index contributed by atoms with van der Waals surface area (Å²) in [4.78, 5) is 13.2. The predicted octanol–water partition coefficient (Wildman–Crippen LogP) is 4.96. The van der Waals surface area contributed by atoms with Crippen LogP contribution in [0.2, 0.25) is 0 Å². The third-order valence-corrected chi connectivity index (χ3v) is 5.52. The summed E-state index contributed by atoms with van der Waals surface area (Å²) in [6.07, 6.45) is 1.51. The largest absolute Gasteiger partial charge is 0.488 e. The molecule has 0 radical (unpaired) electrons. The second-order valence-corrected chi connectivity index (χ2v) is 7.95. The molecule has 4 rings (SSSR count). The van der Waals surface area contributed by atoms with E-state index in [1.54, 1.807) is 48.5 Å². The van der Waals surface area contributed by atoms with Crippen LogP contribution in [0.3, 0.4) is 0 Å². The number of nitrogens with one attached hydrogen (secondary N) is 1. The van der Waals surface area contributed by atoms with E-state index in [4.69, 9.17) is 4.74 Å². The van der Waals surface area contributed by atoms with Gasteiger partial charge in [0.15, 0.2) is 5.60 Å². The average Bonchev–Trinajstić information content (AvgIpc) is 2.89. The number of aryl methyl sites for hydroxylation is 1. The van der Waals surface area contributed by atoms with Crippen LogP contribution in [0.1, 0.15) is 27.8 Å². The highest BCUT2D eigenvalue weighted by molar-refractivity contribution is 5.91. The Hall–Kier alpha value is -4.22. The van der Waals surface area contributed by atoms with Crippen LogP contribution in [-0.4, -0.2) is 17.2 Å². The van der Waals surface area contributed by atoms with Crippen molar-refractivity contribution in [1.29, 1.82) is 0 Å². The van der Waals surface area contributed by atoms with E-state index in [1.165, 1.54) is 11.8 Å². The van der Waals surface area contributed by atoms with Crippen LogP contribution in [0.15, 0.2) is 114 Å². The van der Waals surface area contributed by atoms with E-state index >= 15 is 0 Å². The molecular formula is C29H26N2O3. The van der Waals surface area contributed by atoms with E-state index in [1.807, 2.05) is 67.6 Å². The number of rotatable bonds is 8. The van der Waals surface area contributed by atoms with Gasteiger partial charge >= 0.3 is 0 Å². The molecule has 0 heterocycles. The maximum atomic E-state index is 13.2. The van der Waals surface area contributed by atoms with E-state index in [-0.39, 0.29) is 0 Å². The van der Waals surface area contributed by atoms with E-state index in [9.17, 15) is 9.90 Å². The first-order valence-corrected chi connectivity index (χ1v) is 11.0.